The first kappa shape index (κ1) is 14.0. The summed E-state index contributed by atoms with van der Waals surface area (Å²) in [6.45, 7) is 2.14. The van der Waals surface area contributed by atoms with Gasteiger partial charge in [0.15, 0.2) is 0 Å². The van der Waals surface area contributed by atoms with Crippen molar-refractivity contribution in [3.8, 4) is 5.75 Å². The first-order valence-electron chi connectivity index (χ1n) is 5.31. The maximum Gasteiger partial charge on any atom is 0.327 e. The van der Waals surface area contributed by atoms with Gasteiger partial charge in [0.25, 0.3) is 0 Å². The largest absolute Gasteiger partial charge is 0.497 e. The van der Waals surface area contributed by atoms with Crippen LogP contribution in [0.4, 0.5) is 0 Å². The predicted octanol–water partition coefficient (Wildman–Crippen LogP) is 2.28. The van der Waals surface area contributed by atoms with Crippen LogP contribution in [0.1, 0.15) is 18.5 Å². The quantitative estimate of drug-likeness (QED) is 0.848. The van der Waals surface area contributed by atoms with E-state index in [0.29, 0.717) is 12.4 Å². The zero-order chi connectivity index (χ0) is 12.8. The van der Waals surface area contributed by atoms with E-state index in [2.05, 4.69) is 21.2 Å². The Morgan fingerprint density at radius 3 is 2.76 bits per heavy atom. The van der Waals surface area contributed by atoms with Crippen molar-refractivity contribution < 1.29 is 14.3 Å². The highest BCUT2D eigenvalue weighted by molar-refractivity contribution is 9.10. The second kappa shape index (κ2) is 6.61. The fourth-order valence-corrected chi connectivity index (χ4v) is 1.97. The summed E-state index contributed by atoms with van der Waals surface area (Å²) >= 11 is 3.42. The number of methoxy groups -OCH3 is 1. The fourth-order valence-electron chi connectivity index (χ4n) is 1.50. The Balaban J connectivity index is 3.05. The lowest BCUT2D eigenvalue weighted by molar-refractivity contribution is -0.145. The first-order chi connectivity index (χ1) is 8.13. The molecule has 0 saturated heterocycles. The van der Waals surface area contributed by atoms with E-state index in [0.717, 1.165) is 10.0 Å². The van der Waals surface area contributed by atoms with E-state index in [-0.39, 0.29) is 5.97 Å². The van der Waals surface area contributed by atoms with Crippen molar-refractivity contribution in [2.24, 2.45) is 0 Å². The molecule has 1 N–H and O–H groups in total. The van der Waals surface area contributed by atoms with Gasteiger partial charge in [-0.3, -0.25) is 0 Å². The zero-order valence-corrected chi connectivity index (χ0v) is 11.7. The molecule has 0 aliphatic rings. The lowest BCUT2D eigenvalue weighted by Gasteiger charge is -2.17. The number of carbonyl (C=O) groups excluding carboxylic acids is 1. The van der Waals surface area contributed by atoms with Gasteiger partial charge >= 0.3 is 5.97 Å². The standard InChI is InChI=1S/C12H16BrNO3/c1-4-17-12(15)11(14-2)9-7-8(16-3)5-6-10(9)13/h5-7,11,14H,4H2,1-3H3. The van der Waals surface area contributed by atoms with Gasteiger partial charge in [0.1, 0.15) is 11.8 Å². The highest BCUT2D eigenvalue weighted by Crippen LogP contribution is 2.28. The number of hydrogen-bond donors (Lipinski definition) is 1. The molecule has 17 heavy (non-hydrogen) atoms. The molecule has 4 nitrogen and oxygen atoms in total. The molecule has 0 heterocycles. The van der Waals surface area contributed by atoms with E-state index in [1.165, 1.54) is 0 Å². The van der Waals surface area contributed by atoms with Crippen molar-refractivity contribution in [1.29, 1.82) is 0 Å². The van der Waals surface area contributed by atoms with Gasteiger partial charge in [-0.1, -0.05) is 15.9 Å². The van der Waals surface area contributed by atoms with E-state index >= 15 is 0 Å². The average molecular weight is 302 g/mol. The molecule has 5 heteroatoms. The number of carbonyl (C=O) groups is 1. The number of rotatable bonds is 5. The summed E-state index contributed by atoms with van der Waals surface area (Å²) < 4.78 is 11.0. The van der Waals surface area contributed by atoms with E-state index in [4.69, 9.17) is 9.47 Å². The van der Waals surface area contributed by atoms with Crippen LogP contribution in [-0.2, 0) is 9.53 Å². The third kappa shape index (κ3) is 3.44. The molecule has 1 atom stereocenters. The minimum absolute atomic E-state index is 0.302. The van der Waals surface area contributed by atoms with E-state index in [9.17, 15) is 4.79 Å². The Labute approximate surface area is 109 Å². The summed E-state index contributed by atoms with van der Waals surface area (Å²) in [4.78, 5) is 11.8. The zero-order valence-electron chi connectivity index (χ0n) is 10.1. The molecule has 0 fully saturated rings. The van der Waals surface area contributed by atoms with Crippen LogP contribution in [0.3, 0.4) is 0 Å². The Hall–Kier alpha value is -1.07. The van der Waals surface area contributed by atoms with Crippen LogP contribution in [0, 0.1) is 0 Å². The number of hydrogen-bond acceptors (Lipinski definition) is 4. The van der Waals surface area contributed by atoms with Gasteiger partial charge in [0.05, 0.1) is 13.7 Å². The van der Waals surface area contributed by atoms with Gasteiger partial charge in [-0.15, -0.1) is 0 Å². The molecule has 1 aromatic carbocycles. The first-order valence-corrected chi connectivity index (χ1v) is 6.10. The van der Waals surface area contributed by atoms with Crippen molar-refractivity contribution in [3.63, 3.8) is 0 Å². The van der Waals surface area contributed by atoms with Crippen LogP contribution in [0.5, 0.6) is 5.75 Å². The van der Waals surface area contributed by atoms with Gasteiger partial charge < -0.3 is 14.8 Å². The van der Waals surface area contributed by atoms with E-state index in [1.807, 2.05) is 18.2 Å². The second-order valence-electron chi connectivity index (χ2n) is 3.36. The van der Waals surface area contributed by atoms with Crippen molar-refractivity contribution in [2.45, 2.75) is 13.0 Å². The number of nitrogens with one attached hydrogen (secondary N) is 1. The summed E-state index contributed by atoms with van der Waals surface area (Å²) in [7, 11) is 3.30. The molecule has 1 aromatic rings. The maximum absolute atomic E-state index is 11.8. The average Bonchev–Trinajstić information content (AvgIpc) is 2.33. The number of benzene rings is 1. The second-order valence-corrected chi connectivity index (χ2v) is 4.22. The van der Waals surface area contributed by atoms with Crippen LogP contribution in [0.25, 0.3) is 0 Å². The number of ether oxygens (including phenoxy) is 2. The molecule has 1 unspecified atom stereocenters. The van der Waals surface area contributed by atoms with Crippen LogP contribution in [-0.4, -0.2) is 26.7 Å². The van der Waals surface area contributed by atoms with Gasteiger partial charge in [-0.25, -0.2) is 4.79 Å². The molecule has 1 rings (SSSR count). The van der Waals surface area contributed by atoms with Gasteiger partial charge in [-0.05, 0) is 37.7 Å². The van der Waals surface area contributed by atoms with Crippen LogP contribution in [0.15, 0.2) is 22.7 Å². The Kier molecular flexibility index (Phi) is 5.44. The van der Waals surface area contributed by atoms with Crippen LogP contribution in [0.2, 0.25) is 0 Å². The molecule has 0 spiro atoms. The lowest BCUT2D eigenvalue weighted by atomic mass is 10.1. The van der Waals surface area contributed by atoms with Crippen molar-refractivity contribution in [2.75, 3.05) is 20.8 Å². The summed E-state index contributed by atoms with van der Waals surface area (Å²) in [5, 5.41) is 2.93. The molecule has 94 valence electrons. The van der Waals surface area contributed by atoms with E-state index in [1.54, 1.807) is 21.1 Å². The van der Waals surface area contributed by atoms with Crippen molar-refractivity contribution in [3.05, 3.63) is 28.2 Å². The summed E-state index contributed by atoms with van der Waals surface area (Å²) in [5.41, 5.74) is 0.797. The lowest BCUT2D eigenvalue weighted by Crippen LogP contribution is -2.27. The van der Waals surface area contributed by atoms with E-state index < -0.39 is 6.04 Å². The van der Waals surface area contributed by atoms with Gasteiger partial charge in [-0.2, -0.15) is 0 Å². The molecule has 0 radical (unpaired) electrons. The molecular formula is C12H16BrNO3. The Morgan fingerprint density at radius 2 is 2.24 bits per heavy atom. The molecule has 0 aliphatic heterocycles. The molecular weight excluding hydrogens is 286 g/mol. The number of likely N-dealkylation sites (N-methyl/N-ethyl adjacent to an activating group) is 1. The topological polar surface area (TPSA) is 47.6 Å². The maximum atomic E-state index is 11.8. The number of esters is 1. The normalized spacial score (nSPS) is 12.0. The Bertz CT molecular complexity index is 395. The predicted molar refractivity (Wildman–Crippen MR) is 69.1 cm³/mol. The smallest absolute Gasteiger partial charge is 0.327 e. The summed E-state index contributed by atoms with van der Waals surface area (Å²) in [6.07, 6.45) is 0. The minimum atomic E-state index is -0.501. The highest BCUT2D eigenvalue weighted by Gasteiger charge is 2.22. The fraction of sp³-hybridized carbons (Fsp3) is 0.417. The highest BCUT2D eigenvalue weighted by atomic mass is 79.9. The third-order valence-corrected chi connectivity index (χ3v) is 3.05. The van der Waals surface area contributed by atoms with Crippen LogP contribution >= 0.6 is 15.9 Å². The molecule has 0 bridgehead atoms. The SMILES string of the molecule is CCOC(=O)C(NC)c1cc(OC)ccc1Br. The van der Waals surface area contributed by atoms with Gasteiger partial charge in [0.2, 0.25) is 0 Å². The summed E-state index contributed by atoms with van der Waals surface area (Å²) in [6, 6.07) is 4.98. The number of halogens is 1. The minimum Gasteiger partial charge on any atom is -0.497 e. The summed E-state index contributed by atoms with van der Waals surface area (Å²) in [5.74, 6) is 0.400. The molecule has 0 aromatic heterocycles. The monoisotopic (exact) mass is 301 g/mol. The Morgan fingerprint density at radius 1 is 1.53 bits per heavy atom. The van der Waals surface area contributed by atoms with Gasteiger partial charge in [0, 0.05) is 4.47 Å². The van der Waals surface area contributed by atoms with Crippen molar-refractivity contribution in [1.82, 2.24) is 5.32 Å². The molecule has 0 aliphatic carbocycles. The third-order valence-electron chi connectivity index (χ3n) is 2.33. The van der Waals surface area contributed by atoms with Crippen LogP contribution < -0.4 is 10.1 Å². The molecule has 0 amide bonds. The molecule has 0 saturated carbocycles. The van der Waals surface area contributed by atoms with Crippen molar-refractivity contribution >= 4 is 21.9 Å².